The topological polar surface area (TPSA) is 59.9 Å². The maximum absolute atomic E-state index is 10.6. The zero-order valence-electron chi connectivity index (χ0n) is 15.9. The van der Waals surface area contributed by atoms with E-state index in [-0.39, 0.29) is 0 Å². The van der Waals surface area contributed by atoms with Crippen LogP contribution in [0.1, 0.15) is 25.1 Å². The molecule has 0 spiro atoms. The molecule has 1 unspecified atom stereocenters. The third-order valence-corrected chi connectivity index (χ3v) is 5.22. The van der Waals surface area contributed by atoms with Gasteiger partial charge in [0, 0.05) is 37.2 Å². The van der Waals surface area contributed by atoms with Crippen molar-refractivity contribution in [2.75, 3.05) is 38.1 Å². The minimum Gasteiger partial charge on any atom is -0.383 e. The van der Waals surface area contributed by atoms with Crippen LogP contribution in [-0.2, 0) is 5.60 Å². The molecule has 0 fully saturated rings. The highest BCUT2D eigenvalue weighted by molar-refractivity contribution is 7.10. The first-order valence-electron chi connectivity index (χ1n) is 9.07. The highest BCUT2D eigenvalue weighted by atomic mass is 32.1. The van der Waals surface area contributed by atoms with E-state index in [9.17, 15) is 5.11 Å². The summed E-state index contributed by atoms with van der Waals surface area (Å²) in [5.74, 6) is 0.742. The van der Waals surface area contributed by atoms with Crippen molar-refractivity contribution in [2.45, 2.75) is 25.9 Å². The minimum absolute atomic E-state index is 0.326. The molecule has 2 rings (SSSR count). The first kappa shape index (κ1) is 20.3. The monoisotopic (exact) mass is 374 g/mol. The van der Waals surface area contributed by atoms with E-state index in [0.29, 0.717) is 6.54 Å². The fourth-order valence-electron chi connectivity index (χ4n) is 2.57. The van der Waals surface area contributed by atoms with Gasteiger partial charge in [-0.05, 0) is 43.8 Å². The number of anilines is 1. The molecule has 3 N–H and O–H groups in total. The number of hydrogen-bond donors (Lipinski definition) is 3. The predicted molar refractivity (Wildman–Crippen MR) is 112 cm³/mol. The van der Waals surface area contributed by atoms with Gasteiger partial charge in [0.05, 0.1) is 6.54 Å². The van der Waals surface area contributed by atoms with Gasteiger partial charge in [-0.3, -0.25) is 0 Å². The predicted octanol–water partition coefficient (Wildman–Crippen LogP) is 3.04. The lowest BCUT2D eigenvalue weighted by Gasteiger charge is -2.21. The Bertz CT molecular complexity index is 656. The molecule has 1 aromatic carbocycles. The summed E-state index contributed by atoms with van der Waals surface area (Å²) in [7, 11) is 2.10. The van der Waals surface area contributed by atoms with Crippen LogP contribution >= 0.6 is 11.3 Å². The van der Waals surface area contributed by atoms with E-state index in [1.165, 1.54) is 5.69 Å². The standard InChI is InChI=1S/C20H30N4OS/c1-4-21-19(23-16-20(2,25)18-12-8-15-26-18)22-13-9-14-24(3)17-10-6-5-7-11-17/h5-8,10-12,15,25H,4,9,13-14,16H2,1-3H3,(H2,21,22,23). The maximum Gasteiger partial charge on any atom is 0.191 e. The molecule has 0 saturated heterocycles. The second-order valence-electron chi connectivity index (χ2n) is 6.48. The Morgan fingerprint density at radius 3 is 2.62 bits per heavy atom. The summed E-state index contributed by atoms with van der Waals surface area (Å²) in [6.07, 6.45) is 0.997. The molecular weight excluding hydrogens is 344 g/mol. The Labute approximate surface area is 160 Å². The van der Waals surface area contributed by atoms with Crippen molar-refractivity contribution in [3.8, 4) is 0 Å². The Morgan fingerprint density at radius 2 is 1.96 bits per heavy atom. The Morgan fingerprint density at radius 1 is 1.19 bits per heavy atom. The Balaban J connectivity index is 1.80. The number of benzene rings is 1. The molecule has 0 aliphatic heterocycles. The average Bonchev–Trinajstić information content (AvgIpc) is 3.19. The summed E-state index contributed by atoms with van der Waals surface area (Å²) in [5, 5.41) is 19.2. The van der Waals surface area contributed by atoms with E-state index >= 15 is 0 Å². The van der Waals surface area contributed by atoms with Gasteiger partial charge >= 0.3 is 0 Å². The fraction of sp³-hybridized carbons (Fsp3) is 0.450. The van der Waals surface area contributed by atoms with E-state index in [4.69, 9.17) is 0 Å². The number of thiophene rings is 1. The normalized spacial score (nSPS) is 13.9. The van der Waals surface area contributed by atoms with E-state index in [0.717, 1.165) is 36.9 Å². The summed E-state index contributed by atoms with van der Waals surface area (Å²) in [5.41, 5.74) is 0.282. The van der Waals surface area contributed by atoms with Crippen LogP contribution in [0.4, 0.5) is 5.69 Å². The van der Waals surface area contributed by atoms with Gasteiger partial charge in [0.2, 0.25) is 0 Å². The largest absolute Gasteiger partial charge is 0.383 e. The first-order chi connectivity index (χ1) is 12.5. The van der Waals surface area contributed by atoms with Gasteiger partial charge in [-0.15, -0.1) is 11.3 Å². The summed E-state index contributed by atoms with van der Waals surface area (Å²) in [4.78, 5) is 7.73. The van der Waals surface area contributed by atoms with Crippen LogP contribution in [0.3, 0.4) is 0 Å². The van der Waals surface area contributed by atoms with E-state index < -0.39 is 5.60 Å². The molecule has 0 saturated carbocycles. The van der Waals surface area contributed by atoms with Crippen molar-refractivity contribution in [2.24, 2.45) is 4.99 Å². The zero-order valence-corrected chi connectivity index (χ0v) is 16.7. The van der Waals surface area contributed by atoms with Crippen LogP contribution in [0, 0.1) is 0 Å². The zero-order chi connectivity index (χ0) is 18.8. The van der Waals surface area contributed by atoms with Gasteiger partial charge in [0.25, 0.3) is 0 Å². The molecule has 142 valence electrons. The summed E-state index contributed by atoms with van der Waals surface area (Å²) < 4.78 is 0. The maximum atomic E-state index is 10.6. The molecule has 1 atom stereocenters. The van der Waals surface area contributed by atoms with Crippen LogP contribution in [0.15, 0.2) is 52.8 Å². The molecule has 2 aromatic rings. The molecule has 1 heterocycles. The van der Waals surface area contributed by atoms with Crippen molar-refractivity contribution in [1.82, 2.24) is 10.6 Å². The van der Waals surface area contributed by atoms with Crippen molar-refractivity contribution in [3.63, 3.8) is 0 Å². The second kappa shape index (κ2) is 10.2. The number of aliphatic imine (C=N–C) groups is 1. The highest BCUT2D eigenvalue weighted by Gasteiger charge is 2.23. The van der Waals surface area contributed by atoms with Gasteiger partial charge in [-0.1, -0.05) is 24.3 Å². The van der Waals surface area contributed by atoms with Crippen LogP contribution in [0.2, 0.25) is 0 Å². The summed E-state index contributed by atoms with van der Waals surface area (Å²) in [6.45, 7) is 6.75. The number of rotatable bonds is 9. The SMILES string of the molecule is CCNC(=NCC(C)(O)c1cccs1)NCCCN(C)c1ccccc1. The van der Waals surface area contributed by atoms with E-state index in [1.807, 2.05) is 30.5 Å². The van der Waals surface area contributed by atoms with Gasteiger partial charge in [-0.2, -0.15) is 0 Å². The van der Waals surface area contributed by atoms with E-state index in [1.54, 1.807) is 18.3 Å². The lowest BCUT2D eigenvalue weighted by molar-refractivity contribution is 0.0711. The molecule has 26 heavy (non-hydrogen) atoms. The molecule has 0 aliphatic rings. The lowest BCUT2D eigenvalue weighted by Crippen LogP contribution is -2.39. The molecule has 0 bridgehead atoms. The fourth-order valence-corrected chi connectivity index (χ4v) is 3.35. The van der Waals surface area contributed by atoms with Crippen molar-refractivity contribution in [3.05, 3.63) is 52.7 Å². The van der Waals surface area contributed by atoms with Crippen LogP contribution in [0.25, 0.3) is 0 Å². The van der Waals surface area contributed by atoms with E-state index in [2.05, 4.69) is 51.8 Å². The number of guanidine groups is 1. The highest BCUT2D eigenvalue weighted by Crippen LogP contribution is 2.25. The number of nitrogens with one attached hydrogen (secondary N) is 2. The molecule has 6 heteroatoms. The third-order valence-electron chi connectivity index (χ3n) is 4.10. The van der Waals surface area contributed by atoms with Crippen LogP contribution < -0.4 is 15.5 Å². The molecule has 5 nitrogen and oxygen atoms in total. The van der Waals surface area contributed by atoms with Crippen molar-refractivity contribution >= 4 is 23.0 Å². The quantitative estimate of drug-likeness (QED) is 0.359. The smallest absolute Gasteiger partial charge is 0.191 e. The molecule has 0 aliphatic carbocycles. The Kier molecular flexibility index (Phi) is 7.94. The Hall–Kier alpha value is -2.05. The number of para-hydroxylation sites is 1. The minimum atomic E-state index is -0.940. The molecular formula is C20H30N4OS. The number of nitrogens with zero attached hydrogens (tertiary/aromatic N) is 2. The van der Waals surface area contributed by atoms with Gasteiger partial charge in [0.1, 0.15) is 5.60 Å². The van der Waals surface area contributed by atoms with Gasteiger partial charge < -0.3 is 20.6 Å². The molecule has 0 radical (unpaired) electrons. The third kappa shape index (κ3) is 6.35. The second-order valence-corrected chi connectivity index (χ2v) is 7.43. The lowest BCUT2D eigenvalue weighted by atomic mass is 10.1. The molecule has 1 aromatic heterocycles. The summed E-state index contributed by atoms with van der Waals surface area (Å²) >= 11 is 1.55. The van der Waals surface area contributed by atoms with Crippen molar-refractivity contribution < 1.29 is 5.11 Å². The number of aliphatic hydroxyl groups is 1. The summed E-state index contributed by atoms with van der Waals surface area (Å²) in [6, 6.07) is 14.3. The van der Waals surface area contributed by atoms with Gasteiger partial charge in [0.15, 0.2) is 5.96 Å². The van der Waals surface area contributed by atoms with Crippen LogP contribution in [-0.4, -0.2) is 44.3 Å². The number of hydrogen-bond acceptors (Lipinski definition) is 4. The van der Waals surface area contributed by atoms with Gasteiger partial charge in [-0.25, -0.2) is 4.99 Å². The van der Waals surface area contributed by atoms with Crippen molar-refractivity contribution in [1.29, 1.82) is 0 Å². The average molecular weight is 375 g/mol. The first-order valence-corrected chi connectivity index (χ1v) is 9.95. The van der Waals surface area contributed by atoms with Crippen LogP contribution in [0.5, 0.6) is 0 Å². The molecule has 0 amide bonds.